The normalized spacial score (nSPS) is 30.9. The fourth-order valence-electron chi connectivity index (χ4n) is 12.9. The summed E-state index contributed by atoms with van der Waals surface area (Å²) in [6, 6.07) is 0. The van der Waals surface area contributed by atoms with Crippen LogP contribution >= 0.6 is 0 Å². The smallest absolute Gasteiger partial charge is 0.220 e. The van der Waals surface area contributed by atoms with Crippen molar-refractivity contribution < 1.29 is 33.3 Å². The van der Waals surface area contributed by atoms with Crippen molar-refractivity contribution in [1.29, 1.82) is 0 Å². The van der Waals surface area contributed by atoms with Crippen LogP contribution in [0.2, 0.25) is 0 Å². The van der Waals surface area contributed by atoms with Gasteiger partial charge >= 0.3 is 0 Å². The molecule has 300 valence electrons. The summed E-state index contributed by atoms with van der Waals surface area (Å²) < 4.78 is 1.09. The maximum Gasteiger partial charge on any atom is 0.220 e. The summed E-state index contributed by atoms with van der Waals surface area (Å²) in [6.45, 7) is 13.5. The maximum atomic E-state index is 12.9. The molecule has 0 aromatic rings. The molecule has 0 saturated heterocycles. The zero-order valence-electron chi connectivity index (χ0n) is 35.3. The van der Waals surface area contributed by atoms with Crippen LogP contribution in [0.3, 0.4) is 0 Å². The molecule has 0 radical (unpaired) electrons. The van der Waals surface area contributed by atoms with E-state index in [1.54, 1.807) is 0 Å². The van der Waals surface area contributed by atoms with Crippen LogP contribution in [0.1, 0.15) is 214 Å². The standard InChI is InChI=1S/C47H88N2O.HI/c1-7-8-9-10-11-12-13-14-15-16-17-18-19-20-21-24-37-49(5,6)38-25-36-48-45(50)32-27-39(2)42-30-31-43-41-29-28-40-26-22-23-34-46(40,3)44(41)33-35-47(42,43)4;/h39-44H,7-38H2,1-6H3;1H/t39-,40?,41?,42-,43?,44?,46+,47-;/m1./s1. The molecule has 1 N–H and O–H groups in total. The minimum atomic E-state index is 0. The second kappa shape index (κ2) is 23.3. The molecule has 4 fully saturated rings. The number of fused-ring (bicyclic) bond motifs is 5. The van der Waals surface area contributed by atoms with Crippen molar-refractivity contribution in [2.24, 2.45) is 46.3 Å². The van der Waals surface area contributed by atoms with Gasteiger partial charge in [-0.05, 0) is 117 Å². The molecule has 4 aliphatic rings. The number of nitrogens with one attached hydrogen (secondary N) is 1. The summed E-state index contributed by atoms with van der Waals surface area (Å²) >= 11 is 0. The molecule has 0 aliphatic heterocycles. The molecule has 51 heavy (non-hydrogen) atoms. The molecule has 4 saturated carbocycles. The van der Waals surface area contributed by atoms with E-state index < -0.39 is 0 Å². The summed E-state index contributed by atoms with van der Waals surface area (Å²) in [5, 5.41) is 3.31. The van der Waals surface area contributed by atoms with Crippen LogP contribution in [-0.4, -0.2) is 44.1 Å². The molecular formula is C47H89IN2O. The molecule has 1 amide bonds. The van der Waals surface area contributed by atoms with E-state index in [2.05, 4.69) is 47.1 Å². The van der Waals surface area contributed by atoms with Crippen LogP contribution in [0.4, 0.5) is 0 Å². The fourth-order valence-corrected chi connectivity index (χ4v) is 12.9. The van der Waals surface area contributed by atoms with Crippen LogP contribution in [0.15, 0.2) is 0 Å². The first kappa shape index (κ1) is 45.5. The van der Waals surface area contributed by atoms with E-state index >= 15 is 0 Å². The van der Waals surface area contributed by atoms with Gasteiger partial charge in [-0.3, -0.25) is 4.79 Å². The van der Waals surface area contributed by atoms with Crippen molar-refractivity contribution in [1.82, 2.24) is 5.32 Å². The lowest BCUT2D eigenvalue weighted by Crippen LogP contribution is -3.00. The predicted molar refractivity (Wildman–Crippen MR) is 217 cm³/mol. The Morgan fingerprint density at radius 1 is 0.667 bits per heavy atom. The van der Waals surface area contributed by atoms with Gasteiger partial charge in [-0.2, -0.15) is 0 Å². The third-order valence-electron chi connectivity index (χ3n) is 16.0. The first-order chi connectivity index (χ1) is 24.1. The van der Waals surface area contributed by atoms with E-state index in [1.807, 2.05) is 0 Å². The van der Waals surface area contributed by atoms with Gasteiger partial charge in [0.1, 0.15) is 0 Å². The van der Waals surface area contributed by atoms with Crippen LogP contribution < -0.4 is 29.3 Å². The Morgan fingerprint density at radius 3 is 1.86 bits per heavy atom. The summed E-state index contributed by atoms with van der Waals surface area (Å²) in [5.74, 6) is 5.74. The molecule has 3 nitrogen and oxygen atoms in total. The zero-order valence-corrected chi connectivity index (χ0v) is 37.5. The molecule has 0 bridgehead atoms. The van der Waals surface area contributed by atoms with Crippen molar-refractivity contribution in [3.05, 3.63) is 0 Å². The number of halogens is 1. The fraction of sp³-hybridized carbons (Fsp3) is 0.979. The van der Waals surface area contributed by atoms with Crippen molar-refractivity contribution in [2.75, 3.05) is 33.7 Å². The molecule has 4 heteroatoms. The van der Waals surface area contributed by atoms with Crippen molar-refractivity contribution >= 4 is 5.91 Å². The Hall–Kier alpha value is 0.160. The van der Waals surface area contributed by atoms with Crippen molar-refractivity contribution in [3.63, 3.8) is 0 Å². The largest absolute Gasteiger partial charge is 1.00 e. The van der Waals surface area contributed by atoms with Crippen LogP contribution in [0.25, 0.3) is 0 Å². The zero-order chi connectivity index (χ0) is 35.9. The molecular weight excluding hydrogens is 735 g/mol. The minimum Gasteiger partial charge on any atom is -1.00 e. The van der Waals surface area contributed by atoms with Gasteiger partial charge in [0.25, 0.3) is 0 Å². The highest BCUT2D eigenvalue weighted by Gasteiger charge is 2.60. The summed E-state index contributed by atoms with van der Waals surface area (Å²) in [6.07, 6.45) is 40.7. The lowest BCUT2D eigenvalue weighted by Gasteiger charge is -2.61. The van der Waals surface area contributed by atoms with Gasteiger partial charge in [-0.1, -0.05) is 130 Å². The summed E-state index contributed by atoms with van der Waals surface area (Å²) in [4.78, 5) is 12.9. The maximum absolute atomic E-state index is 12.9. The van der Waals surface area contributed by atoms with Gasteiger partial charge in [0, 0.05) is 19.4 Å². The van der Waals surface area contributed by atoms with Crippen LogP contribution in [0.5, 0.6) is 0 Å². The molecule has 0 heterocycles. The number of unbranched alkanes of at least 4 members (excludes halogenated alkanes) is 15. The van der Waals surface area contributed by atoms with E-state index in [0.29, 0.717) is 22.7 Å². The number of quaternary nitrogens is 1. The summed E-state index contributed by atoms with van der Waals surface area (Å²) in [5.41, 5.74) is 1.16. The van der Waals surface area contributed by atoms with Crippen LogP contribution in [0, 0.1) is 46.3 Å². The Balaban J connectivity index is 0.00000702. The summed E-state index contributed by atoms with van der Waals surface area (Å²) in [7, 11) is 4.78. The number of carbonyl (C=O) groups excluding carboxylic acids is 1. The Labute approximate surface area is 336 Å². The van der Waals surface area contributed by atoms with Gasteiger partial charge in [0.15, 0.2) is 0 Å². The SMILES string of the molecule is CCCCCCCCCCCCCCCCCC[N+](C)(C)CCCNC(=O)CC[C@@H](C)[C@H]1CCC2C3CCC4CCCC[C@]4(C)C3CC[C@@]21C.[I-]. The van der Waals surface area contributed by atoms with Gasteiger partial charge in [-0.15, -0.1) is 0 Å². The quantitative estimate of drug-likeness (QED) is 0.0555. The number of amides is 1. The van der Waals surface area contributed by atoms with E-state index in [-0.39, 0.29) is 24.0 Å². The van der Waals surface area contributed by atoms with Gasteiger partial charge < -0.3 is 33.8 Å². The molecule has 0 spiro atoms. The van der Waals surface area contributed by atoms with Crippen molar-refractivity contribution in [3.8, 4) is 0 Å². The Bertz CT molecular complexity index is 953. The molecule has 4 rings (SSSR count). The monoisotopic (exact) mass is 825 g/mol. The highest BCUT2D eigenvalue weighted by atomic mass is 127. The van der Waals surface area contributed by atoms with E-state index in [9.17, 15) is 4.79 Å². The van der Waals surface area contributed by atoms with Gasteiger partial charge in [-0.25, -0.2) is 0 Å². The third kappa shape index (κ3) is 13.7. The number of hydrogen-bond acceptors (Lipinski definition) is 1. The highest BCUT2D eigenvalue weighted by molar-refractivity contribution is 5.75. The molecule has 4 unspecified atom stereocenters. The van der Waals surface area contributed by atoms with Crippen molar-refractivity contribution in [2.45, 2.75) is 214 Å². The van der Waals surface area contributed by atoms with E-state index in [4.69, 9.17) is 0 Å². The molecule has 0 aromatic carbocycles. The second-order valence-electron chi connectivity index (χ2n) is 20.0. The lowest BCUT2D eigenvalue weighted by molar-refractivity contribution is -0.890. The average Bonchev–Trinajstić information content (AvgIpc) is 3.46. The number of nitrogens with zero attached hydrogens (tertiary/aromatic N) is 1. The Morgan fingerprint density at radius 2 is 1.24 bits per heavy atom. The number of carbonyl (C=O) groups is 1. The molecule has 4 aliphatic carbocycles. The topological polar surface area (TPSA) is 29.1 Å². The third-order valence-corrected chi connectivity index (χ3v) is 16.0. The lowest BCUT2D eigenvalue weighted by atomic mass is 9.44. The van der Waals surface area contributed by atoms with Crippen LogP contribution in [-0.2, 0) is 4.79 Å². The first-order valence-corrected chi connectivity index (χ1v) is 23.2. The predicted octanol–water partition coefficient (Wildman–Crippen LogP) is 10.3. The number of hydrogen-bond donors (Lipinski definition) is 1. The molecule has 8 atom stereocenters. The highest BCUT2D eigenvalue weighted by Crippen LogP contribution is 2.68. The first-order valence-electron chi connectivity index (χ1n) is 23.2. The van der Waals surface area contributed by atoms with E-state index in [0.717, 1.165) is 59.9 Å². The van der Waals surface area contributed by atoms with E-state index in [1.165, 1.54) is 180 Å². The minimum absolute atomic E-state index is 0. The average molecular weight is 825 g/mol. The second-order valence-corrected chi connectivity index (χ2v) is 20.0. The molecule has 0 aromatic heterocycles. The van der Waals surface area contributed by atoms with Gasteiger partial charge in [0.05, 0.1) is 27.2 Å². The van der Waals surface area contributed by atoms with Gasteiger partial charge in [0.2, 0.25) is 5.91 Å². The Kier molecular flexibility index (Phi) is 20.8. The number of rotatable bonds is 25.